The zero-order valence-electron chi connectivity index (χ0n) is 13.9. The molecule has 0 radical (unpaired) electrons. The number of hydrogen-bond acceptors (Lipinski definition) is 2. The minimum Gasteiger partial charge on any atom is -0.480 e. The smallest absolute Gasteiger partial charge is 0.326 e. The highest BCUT2D eigenvalue weighted by molar-refractivity contribution is 6.32. The number of halogens is 2. The third-order valence-corrected chi connectivity index (χ3v) is 4.84. The van der Waals surface area contributed by atoms with E-state index >= 15 is 0 Å². The van der Waals surface area contributed by atoms with Gasteiger partial charge in [-0.3, -0.25) is 4.79 Å². The van der Waals surface area contributed by atoms with Crippen LogP contribution in [0.15, 0.2) is 18.2 Å². The van der Waals surface area contributed by atoms with Crippen molar-refractivity contribution in [2.24, 2.45) is 0 Å². The largest absolute Gasteiger partial charge is 0.480 e. The molecule has 1 aliphatic rings. The number of benzene rings is 1. The molecule has 0 spiro atoms. The molecule has 1 saturated carbocycles. The van der Waals surface area contributed by atoms with Gasteiger partial charge >= 0.3 is 5.97 Å². The van der Waals surface area contributed by atoms with E-state index in [-0.39, 0.29) is 0 Å². The zero-order valence-corrected chi connectivity index (χ0v) is 15.5. The molecule has 0 amide bonds. The lowest BCUT2D eigenvalue weighted by Gasteiger charge is -2.23. The van der Waals surface area contributed by atoms with E-state index in [4.69, 9.17) is 28.3 Å². The average Bonchev–Trinajstić information content (AvgIpc) is 2.56. The molecule has 0 heterocycles. The van der Waals surface area contributed by atoms with Crippen LogP contribution in [0, 0.1) is 0 Å². The second kappa shape index (κ2) is 10.9. The third kappa shape index (κ3) is 6.70. The van der Waals surface area contributed by atoms with Gasteiger partial charge in [0.15, 0.2) is 5.38 Å². The second-order valence-electron chi connectivity index (χ2n) is 5.77. The van der Waals surface area contributed by atoms with E-state index in [9.17, 15) is 4.79 Å². The van der Waals surface area contributed by atoms with Gasteiger partial charge in [0.1, 0.15) is 0 Å². The van der Waals surface area contributed by atoms with E-state index in [1.165, 1.54) is 32.1 Å². The van der Waals surface area contributed by atoms with Crippen molar-refractivity contribution in [2.75, 3.05) is 13.1 Å². The van der Waals surface area contributed by atoms with Crippen molar-refractivity contribution in [3.8, 4) is 0 Å². The van der Waals surface area contributed by atoms with Crippen LogP contribution in [0.5, 0.6) is 0 Å². The van der Waals surface area contributed by atoms with Crippen LogP contribution in [0.4, 0.5) is 0 Å². The van der Waals surface area contributed by atoms with Gasteiger partial charge in [-0.1, -0.05) is 56.8 Å². The molecule has 130 valence electrons. The molecule has 2 rings (SSSR count). The molecule has 1 aromatic carbocycles. The number of hydrogen-bond donors (Lipinski definition) is 2. The SMILES string of the molecule is CCNCC.O=C(O)C(Cl)c1ccc(C2CCCCC2)c(Cl)c1. The lowest BCUT2D eigenvalue weighted by molar-refractivity contribution is -0.136. The molecule has 1 fully saturated rings. The average molecular weight is 360 g/mol. The first kappa shape index (κ1) is 20.3. The van der Waals surface area contributed by atoms with Crippen LogP contribution in [0.2, 0.25) is 5.02 Å². The molecule has 1 atom stereocenters. The van der Waals surface area contributed by atoms with Crippen molar-refractivity contribution >= 4 is 29.2 Å². The monoisotopic (exact) mass is 359 g/mol. The van der Waals surface area contributed by atoms with Gasteiger partial charge in [-0.15, -0.1) is 11.6 Å². The number of alkyl halides is 1. The fourth-order valence-corrected chi connectivity index (χ4v) is 3.32. The van der Waals surface area contributed by atoms with Crippen LogP contribution in [0.1, 0.15) is 68.4 Å². The van der Waals surface area contributed by atoms with Crippen LogP contribution >= 0.6 is 23.2 Å². The van der Waals surface area contributed by atoms with Gasteiger partial charge in [-0.05, 0) is 49.0 Å². The number of nitrogens with one attached hydrogen (secondary N) is 1. The molecular formula is C18H27Cl2NO2. The highest BCUT2D eigenvalue weighted by Crippen LogP contribution is 2.37. The highest BCUT2D eigenvalue weighted by Gasteiger charge is 2.21. The number of carboxylic acid groups (broad SMARTS) is 1. The van der Waals surface area contributed by atoms with E-state index in [1.54, 1.807) is 12.1 Å². The maximum atomic E-state index is 10.8. The summed E-state index contributed by atoms with van der Waals surface area (Å²) in [5.41, 5.74) is 1.68. The van der Waals surface area contributed by atoms with Crippen LogP contribution in [0.25, 0.3) is 0 Å². The normalized spacial score (nSPS) is 16.3. The first-order valence-corrected chi connectivity index (χ1v) is 9.19. The third-order valence-electron chi connectivity index (χ3n) is 4.08. The van der Waals surface area contributed by atoms with E-state index in [0.29, 0.717) is 16.5 Å². The maximum absolute atomic E-state index is 10.8. The Morgan fingerprint density at radius 3 is 2.30 bits per heavy atom. The van der Waals surface area contributed by atoms with Crippen molar-refractivity contribution < 1.29 is 9.90 Å². The van der Waals surface area contributed by atoms with Crippen LogP contribution in [0.3, 0.4) is 0 Å². The zero-order chi connectivity index (χ0) is 17.2. The topological polar surface area (TPSA) is 49.3 Å². The summed E-state index contributed by atoms with van der Waals surface area (Å²) in [5.74, 6) is -0.531. The summed E-state index contributed by atoms with van der Waals surface area (Å²) in [6.07, 6.45) is 6.13. The number of carbonyl (C=O) groups is 1. The van der Waals surface area contributed by atoms with Gasteiger partial charge in [-0.2, -0.15) is 0 Å². The number of carboxylic acids is 1. The molecule has 2 N–H and O–H groups in total. The van der Waals surface area contributed by atoms with Crippen LogP contribution in [-0.4, -0.2) is 24.2 Å². The molecule has 3 nitrogen and oxygen atoms in total. The molecule has 0 aromatic heterocycles. The van der Waals surface area contributed by atoms with Gasteiger partial charge in [-0.25, -0.2) is 0 Å². The molecular weight excluding hydrogens is 333 g/mol. The van der Waals surface area contributed by atoms with E-state index in [1.807, 2.05) is 6.07 Å². The molecule has 0 saturated heterocycles. The van der Waals surface area contributed by atoms with Gasteiger partial charge < -0.3 is 10.4 Å². The lowest BCUT2D eigenvalue weighted by Crippen LogP contribution is -2.09. The summed E-state index contributed by atoms with van der Waals surface area (Å²) in [4.78, 5) is 10.8. The van der Waals surface area contributed by atoms with Gasteiger partial charge in [0, 0.05) is 5.02 Å². The lowest BCUT2D eigenvalue weighted by atomic mass is 9.84. The van der Waals surface area contributed by atoms with E-state index in [0.717, 1.165) is 18.7 Å². The van der Waals surface area contributed by atoms with E-state index < -0.39 is 11.3 Å². The summed E-state index contributed by atoms with van der Waals surface area (Å²) in [7, 11) is 0. The predicted octanol–water partition coefficient (Wildman–Crippen LogP) is 5.37. The Balaban J connectivity index is 0.000000463. The molecule has 1 aliphatic carbocycles. The Morgan fingerprint density at radius 2 is 1.87 bits per heavy atom. The maximum Gasteiger partial charge on any atom is 0.326 e. The van der Waals surface area contributed by atoms with Gasteiger partial charge in [0.05, 0.1) is 0 Å². The van der Waals surface area contributed by atoms with Crippen LogP contribution < -0.4 is 5.32 Å². The summed E-state index contributed by atoms with van der Waals surface area (Å²) in [6, 6.07) is 5.41. The molecule has 0 bridgehead atoms. The Bertz CT molecular complexity index is 486. The fraction of sp³-hybridized carbons (Fsp3) is 0.611. The van der Waals surface area contributed by atoms with Crippen LogP contribution in [-0.2, 0) is 4.79 Å². The Morgan fingerprint density at radius 1 is 1.26 bits per heavy atom. The highest BCUT2D eigenvalue weighted by atomic mass is 35.5. The summed E-state index contributed by atoms with van der Waals surface area (Å²) < 4.78 is 0. The predicted molar refractivity (Wildman–Crippen MR) is 97.7 cm³/mol. The number of aliphatic carboxylic acids is 1. The second-order valence-corrected chi connectivity index (χ2v) is 6.62. The molecule has 0 aliphatic heterocycles. The van der Waals surface area contributed by atoms with Crippen molar-refractivity contribution in [3.63, 3.8) is 0 Å². The molecule has 5 heteroatoms. The number of rotatable bonds is 5. The first-order chi connectivity index (χ1) is 11.0. The minimum atomic E-state index is -1.04. The minimum absolute atomic E-state index is 0.513. The van der Waals surface area contributed by atoms with E-state index in [2.05, 4.69) is 19.2 Å². The van der Waals surface area contributed by atoms with Crippen molar-refractivity contribution in [2.45, 2.75) is 57.2 Å². The van der Waals surface area contributed by atoms with Gasteiger partial charge in [0.25, 0.3) is 0 Å². The van der Waals surface area contributed by atoms with Crippen molar-refractivity contribution in [1.82, 2.24) is 5.32 Å². The van der Waals surface area contributed by atoms with Crippen molar-refractivity contribution in [1.29, 1.82) is 0 Å². The summed E-state index contributed by atoms with van der Waals surface area (Å²) in [6.45, 7) is 6.39. The fourth-order valence-electron chi connectivity index (χ4n) is 2.84. The Labute approximate surface area is 149 Å². The quantitative estimate of drug-likeness (QED) is 0.694. The van der Waals surface area contributed by atoms with Gasteiger partial charge in [0.2, 0.25) is 0 Å². The Kier molecular flexibility index (Phi) is 9.61. The van der Waals surface area contributed by atoms with Crippen molar-refractivity contribution in [3.05, 3.63) is 34.3 Å². The Hall–Kier alpha value is -0.770. The summed E-state index contributed by atoms with van der Waals surface area (Å²) in [5, 5.41) is 11.6. The summed E-state index contributed by atoms with van der Waals surface area (Å²) >= 11 is 12.1. The standard InChI is InChI=1S/C14H16Cl2O2.C4H11N/c15-12-8-10(13(16)14(17)18)6-7-11(12)9-4-2-1-3-5-9;1-3-5-4-2/h6-9,13H,1-5H2,(H,17,18);5H,3-4H2,1-2H3. The molecule has 23 heavy (non-hydrogen) atoms. The molecule has 1 aromatic rings. The first-order valence-electron chi connectivity index (χ1n) is 8.38. The molecule has 1 unspecified atom stereocenters.